The van der Waals surface area contributed by atoms with Gasteiger partial charge in [0.2, 0.25) is 5.76 Å². The zero-order valence-corrected chi connectivity index (χ0v) is 18.5. The minimum atomic E-state index is -1.46. The molecule has 0 aromatic heterocycles. The number of carbonyl (C=O) groups excluding carboxylic acids is 2. The van der Waals surface area contributed by atoms with E-state index in [1.807, 2.05) is 65.0 Å². The number of benzene rings is 1. The van der Waals surface area contributed by atoms with Crippen LogP contribution in [0.4, 0.5) is 0 Å². The molecule has 2 atom stereocenters. The third kappa shape index (κ3) is 3.48. The molecule has 1 spiro atoms. The zero-order valence-electron chi connectivity index (χ0n) is 18.5. The second-order valence-corrected chi connectivity index (χ2v) is 8.08. The molecule has 0 radical (unpaired) electrons. The van der Waals surface area contributed by atoms with Gasteiger partial charge in [0.1, 0.15) is 11.7 Å². The second kappa shape index (κ2) is 8.54. The molecule has 162 valence electrons. The first kappa shape index (κ1) is 21.9. The first-order chi connectivity index (χ1) is 14.3. The molecule has 1 heterocycles. The molecule has 2 unspecified atom stereocenters. The van der Waals surface area contributed by atoms with E-state index in [2.05, 4.69) is 0 Å². The van der Waals surface area contributed by atoms with Gasteiger partial charge in [0.05, 0.1) is 19.3 Å². The van der Waals surface area contributed by atoms with E-state index in [-0.39, 0.29) is 23.8 Å². The Labute approximate surface area is 177 Å². The average molecular weight is 414 g/mol. The van der Waals surface area contributed by atoms with E-state index >= 15 is 0 Å². The topological polar surface area (TPSA) is 71.1 Å². The first-order valence-electron chi connectivity index (χ1n) is 10.5. The maximum Gasteiger partial charge on any atom is 0.319 e. The van der Waals surface area contributed by atoms with E-state index in [1.165, 1.54) is 0 Å². The lowest BCUT2D eigenvalue weighted by Gasteiger charge is -2.52. The Hall–Kier alpha value is -2.76. The van der Waals surface area contributed by atoms with Crippen LogP contribution in [0.1, 0.15) is 53.0 Å². The fourth-order valence-electron chi connectivity index (χ4n) is 4.01. The minimum Gasteiger partial charge on any atom is -0.496 e. The molecule has 0 N–H and O–H groups in total. The van der Waals surface area contributed by atoms with Gasteiger partial charge in [0, 0.05) is 5.56 Å². The maximum absolute atomic E-state index is 13.2. The van der Waals surface area contributed by atoms with E-state index in [9.17, 15) is 9.59 Å². The third-order valence-corrected chi connectivity index (χ3v) is 5.10. The van der Waals surface area contributed by atoms with Crippen LogP contribution >= 0.6 is 0 Å². The number of methoxy groups -OCH3 is 1. The summed E-state index contributed by atoms with van der Waals surface area (Å²) < 4.78 is 22.9. The molecule has 1 fully saturated rings. The first-order valence-corrected chi connectivity index (χ1v) is 10.5. The summed E-state index contributed by atoms with van der Waals surface area (Å²) in [4.78, 5) is 25.9. The highest BCUT2D eigenvalue weighted by atomic mass is 16.6. The van der Waals surface area contributed by atoms with Crippen molar-refractivity contribution in [2.75, 3.05) is 7.11 Å². The molecule has 0 amide bonds. The Kier molecular flexibility index (Phi) is 6.25. The van der Waals surface area contributed by atoms with Crippen LogP contribution < -0.4 is 0 Å². The van der Waals surface area contributed by atoms with Crippen LogP contribution in [-0.2, 0) is 28.5 Å². The smallest absolute Gasteiger partial charge is 0.319 e. The summed E-state index contributed by atoms with van der Waals surface area (Å²) in [5.74, 6) is -0.565. The highest BCUT2D eigenvalue weighted by Gasteiger charge is 2.75. The molecule has 2 aliphatic rings. The van der Waals surface area contributed by atoms with Gasteiger partial charge in [0.15, 0.2) is 5.76 Å². The Morgan fingerprint density at radius 1 is 1.07 bits per heavy atom. The fraction of sp³-hybridized carbons (Fsp3) is 0.500. The van der Waals surface area contributed by atoms with Crippen molar-refractivity contribution in [3.05, 3.63) is 53.0 Å². The van der Waals surface area contributed by atoms with E-state index < -0.39 is 17.5 Å². The molecule has 1 saturated heterocycles. The van der Waals surface area contributed by atoms with Crippen molar-refractivity contribution >= 4 is 17.5 Å². The molecule has 30 heavy (non-hydrogen) atoms. The Bertz CT molecular complexity index is 880. The average Bonchev–Trinajstić information content (AvgIpc) is 2.70. The van der Waals surface area contributed by atoms with Crippen molar-refractivity contribution < 1.29 is 28.5 Å². The number of ketones is 1. The highest BCUT2D eigenvalue weighted by Crippen LogP contribution is 2.56. The van der Waals surface area contributed by atoms with Gasteiger partial charge < -0.3 is 18.9 Å². The predicted octanol–water partition coefficient (Wildman–Crippen LogP) is 4.40. The number of esters is 1. The summed E-state index contributed by atoms with van der Waals surface area (Å²) in [5.41, 5.74) is 0.123. The Morgan fingerprint density at radius 3 is 2.20 bits per heavy atom. The lowest BCUT2D eigenvalue weighted by molar-refractivity contribution is -0.217. The standard InChI is InChI=1S/C24H30O6/c1-7-11-17(19(27-6)16-12-9-8-10-13-16)18-23(26)30-24(18)21(25)20(28-14(2)3)22(24)29-15(4)5/h8-10,12-15,18H,7,11H2,1-6H3/b19-17+. The predicted molar refractivity (Wildman–Crippen MR) is 112 cm³/mol. The van der Waals surface area contributed by atoms with Gasteiger partial charge in [-0.15, -0.1) is 0 Å². The van der Waals surface area contributed by atoms with Crippen molar-refractivity contribution in [2.24, 2.45) is 5.92 Å². The van der Waals surface area contributed by atoms with Crippen LogP contribution in [0.5, 0.6) is 0 Å². The largest absolute Gasteiger partial charge is 0.496 e. The van der Waals surface area contributed by atoms with Gasteiger partial charge in [-0.05, 0) is 39.7 Å². The van der Waals surface area contributed by atoms with Crippen LogP contribution in [-0.4, -0.2) is 36.7 Å². The quantitative estimate of drug-likeness (QED) is 0.441. The van der Waals surface area contributed by atoms with Crippen LogP contribution in [0.15, 0.2) is 47.4 Å². The van der Waals surface area contributed by atoms with Crippen molar-refractivity contribution in [1.82, 2.24) is 0 Å². The third-order valence-electron chi connectivity index (χ3n) is 5.10. The summed E-state index contributed by atoms with van der Waals surface area (Å²) >= 11 is 0. The number of hydrogen-bond donors (Lipinski definition) is 0. The number of carbonyl (C=O) groups is 2. The number of rotatable bonds is 9. The SMILES string of the molecule is CCC/C(=C(\OC)c1ccccc1)C1C(=O)OC12C(=O)C(OC(C)C)=C2OC(C)C. The monoisotopic (exact) mass is 414 g/mol. The van der Waals surface area contributed by atoms with Crippen molar-refractivity contribution in [3.63, 3.8) is 0 Å². The molecule has 1 aromatic carbocycles. The van der Waals surface area contributed by atoms with Gasteiger partial charge in [-0.3, -0.25) is 9.59 Å². The fourth-order valence-corrected chi connectivity index (χ4v) is 4.01. The molecule has 1 aliphatic heterocycles. The molecule has 3 rings (SSSR count). The van der Waals surface area contributed by atoms with Crippen LogP contribution in [0, 0.1) is 5.92 Å². The number of Topliss-reactive ketones (excluding diaryl/α,β-unsaturated/α-hetero) is 1. The molecule has 1 aliphatic carbocycles. The maximum atomic E-state index is 13.2. The Balaban J connectivity index is 2.13. The summed E-state index contributed by atoms with van der Waals surface area (Å²) in [5, 5.41) is 0. The second-order valence-electron chi connectivity index (χ2n) is 8.08. The van der Waals surface area contributed by atoms with Gasteiger partial charge in [0.25, 0.3) is 11.4 Å². The molecular formula is C24H30O6. The summed E-state index contributed by atoms with van der Waals surface area (Å²) in [7, 11) is 1.58. The summed E-state index contributed by atoms with van der Waals surface area (Å²) in [6.45, 7) is 9.41. The van der Waals surface area contributed by atoms with E-state index in [1.54, 1.807) is 7.11 Å². The number of hydrogen-bond acceptors (Lipinski definition) is 6. The Morgan fingerprint density at radius 2 is 1.70 bits per heavy atom. The van der Waals surface area contributed by atoms with Gasteiger partial charge >= 0.3 is 5.97 Å². The molecular weight excluding hydrogens is 384 g/mol. The summed E-state index contributed by atoms with van der Waals surface area (Å²) in [6.07, 6.45) is 0.959. The van der Waals surface area contributed by atoms with Gasteiger partial charge in [-0.2, -0.15) is 0 Å². The van der Waals surface area contributed by atoms with Gasteiger partial charge in [-0.1, -0.05) is 43.7 Å². The van der Waals surface area contributed by atoms with Crippen LogP contribution in [0.3, 0.4) is 0 Å². The number of ether oxygens (including phenoxy) is 4. The zero-order chi connectivity index (χ0) is 22.1. The van der Waals surface area contributed by atoms with E-state index in [4.69, 9.17) is 18.9 Å². The molecule has 1 aromatic rings. The van der Waals surface area contributed by atoms with Crippen molar-refractivity contribution in [3.8, 4) is 0 Å². The molecule has 0 saturated carbocycles. The molecule has 6 nitrogen and oxygen atoms in total. The van der Waals surface area contributed by atoms with Crippen molar-refractivity contribution in [1.29, 1.82) is 0 Å². The normalized spacial score (nSPS) is 23.8. The molecule has 0 bridgehead atoms. The van der Waals surface area contributed by atoms with Gasteiger partial charge in [-0.25, -0.2) is 0 Å². The summed E-state index contributed by atoms with van der Waals surface area (Å²) in [6, 6.07) is 9.56. The lowest BCUT2D eigenvalue weighted by atomic mass is 9.64. The molecule has 6 heteroatoms. The highest BCUT2D eigenvalue weighted by molar-refractivity contribution is 6.17. The minimum absolute atomic E-state index is 0.144. The van der Waals surface area contributed by atoms with Crippen LogP contribution in [0.25, 0.3) is 5.76 Å². The lowest BCUT2D eigenvalue weighted by Crippen LogP contribution is -2.70. The van der Waals surface area contributed by atoms with Crippen molar-refractivity contribution in [2.45, 2.75) is 65.3 Å². The van der Waals surface area contributed by atoms with E-state index in [0.29, 0.717) is 17.9 Å². The van der Waals surface area contributed by atoms with Crippen LogP contribution in [0.2, 0.25) is 0 Å². The van der Waals surface area contributed by atoms with E-state index in [0.717, 1.165) is 17.6 Å².